The molecule has 130 valence electrons. The van der Waals surface area contributed by atoms with E-state index in [2.05, 4.69) is 22.3 Å². The number of unbranched alkanes of at least 4 members (excludes halogenated alkanes) is 1. The number of carbonyl (C=O) groups excluding carboxylic acids is 1. The van der Waals surface area contributed by atoms with Gasteiger partial charge in [-0.25, -0.2) is 0 Å². The maximum absolute atomic E-state index is 12.3. The molecule has 2 heterocycles. The molecule has 0 unspecified atom stereocenters. The lowest BCUT2D eigenvalue weighted by molar-refractivity contribution is -0.122. The monoisotopic (exact) mass is 321 g/mol. The Hall–Kier alpha value is -1.36. The van der Waals surface area contributed by atoms with Crippen LogP contribution < -0.4 is 5.32 Å². The van der Waals surface area contributed by atoms with Crippen molar-refractivity contribution < 1.29 is 9.32 Å². The molecule has 0 aliphatic carbocycles. The van der Waals surface area contributed by atoms with Gasteiger partial charge in [-0.3, -0.25) is 4.79 Å². The lowest BCUT2D eigenvalue weighted by atomic mass is 9.98. The second kappa shape index (κ2) is 8.48. The Morgan fingerprint density at radius 3 is 2.83 bits per heavy atom. The fourth-order valence-electron chi connectivity index (χ4n) is 3.53. The van der Waals surface area contributed by atoms with Crippen molar-refractivity contribution in [3.8, 4) is 0 Å². The van der Waals surface area contributed by atoms with Gasteiger partial charge in [-0.2, -0.15) is 0 Å². The third-order valence-electron chi connectivity index (χ3n) is 5.03. The minimum atomic E-state index is -0.205. The number of nitrogens with zero attached hydrogens (tertiary/aromatic N) is 2. The molecule has 1 saturated heterocycles. The molecule has 1 amide bonds. The van der Waals surface area contributed by atoms with E-state index in [1.807, 2.05) is 20.8 Å². The molecule has 0 radical (unpaired) electrons. The molecular formula is C18H31N3O2. The van der Waals surface area contributed by atoms with E-state index in [1.54, 1.807) is 0 Å². The predicted molar refractivity (Wildman–Crippen MR) is 91.5 cm³/mol. The summed E-state index contributed by atoms with van der Waals surface area (Å²) < 4.78 is 5.15. The van der Waals surface area contributed by atoms with E-state index in [-0.39, 0.29) is 11.8 Å². The normalized spacial score (nSPS) is 20.4. The molecule has 0 bridgehead atoms. The van der Waals surface area contributed by atoms with E-state index in [0.717, 1.165) is 49.0 Å². The SMILES string of the molecule is Cc1noc(C)c1[C@@H](C)C(=O)NCCCCN1CCCC[C@H]1C. The van der Waals surface area contributed by atoms with Crippen LogP contribution in [0.1, 0.15) is 68.9 Å². The Bertz CT molecular complexity index is 493. The minimum Gasteiger partial charge on any atom is -0.361 e. The van der Waals surface area contributed by atoms with Crippen molar-refractivity contribution in [3.63, 3.8) is 0 Å². The molecule has 1 aliphatic heterocycles. The number of amides is 1. The van der Waals surface area contributed by atoms with Gasteiger partial charge in [0.2, 0.25) is 5.91 Å². The highest BCUT2D eigenvalue weighted by Gasteiger charge is 2.22. The first-order valence-electron chi connectivity index (χ1n) is 8.95. The van der Waals surface area contributed by atoms with E-state index in [1.165, 1.54) is 25.8 Å². The molecule has 2 atom stereocenters. The molecule has 0 saturated carbocycles. The summed E-state index contributed by atoms with van der Waals surface area (Å²) in [5.74, 6) is 0.596. The van der Waals surface area contributed by atoms with E-state index < -0.39 is 0 Å². The number of likely N-dealkylation sites (tertiary alicyclic amines) is 1. The molecule has 0 spiro atoms. The average Bonchev–Trinajstić information content (AvgIpc) is 2.86. The van der Waals surface area contributed by atoms with E-state index >= 15 is 0 Å². The zero-order valence-electron chi connectivity index (χ0n) is 15.0. The summed E-state index contributed by atoms with van der Waals surface area (Å²) >= 11 is 0. The van der Waals surface area contributed by atoms with Crippen LogP contribution in [0.3, 0.4) is 0 Å². The number of piperidine rings is 1. The molecule has 1 aromatic heterocycles. The second-order valence-electron chi connectivity index (χ2n) is 6.84. The predicted octanol–water partition coefficient (Wildman–Crippen LogP) is 3.17. The van der Waals surface area contributed by atoms with Crippen molar-refractivity contribution in [2.75, 3.05) is 19.6 Å². The highest BCUT2D eigenvalue weighted by atomic mass is 16.5. The van der Waals surface area contributed by atoms with Crippen LogP contribution in [0.5, 0.6) is 0 Å². The molecule has 1 aromatic rings. The molecule has 0 aromatic carbocycles. The van der Waals surface area contributed by atoms with Gasteiger partial charge in [0.1, 0.15) is 5.76 Å². The Balaban J connectivity index is 1.67. The van der Waals surface area contributed by atoms with Gasteiger partial charge in [0.25, 0.3) is 0 Å². The fraction of sp³-hybridized carbons (Fsp3) is 0.778. The second-order valence-corrected chi connectivity index (χ2v) is 6.84. The quantitative estimate of drug-likeness (QED) is 0.784. The van der Waals surface area contributed by atoms with Crippen LogP contribution >= 0.6 is 0 Å². The molecule has 5 nitrogen and oxygen atoms in total. The van der Waals surface area contributed by atoms with Crippen molar-refractivity contribution in [2.24, 2.45) is 0 Å². The van der Waals surface area contributed by atoms with E-state index in [9.17, 15) is 4.79 Å². The summed E-state index contributed by atoms with van der Waals surface area (Å²) in [6, 6.07) is 0.720. The average molecular weight is 321 g/mol. The number of carbonyl (C=O) groups is 1. The Morgan fingerprint density at radius 1 is 1.39 bits per heavy atom. The number of nitrogens with one attached hydrogen (secondary N) is 1. The van der Waals surface area contributed by atoms with Crippen LogP contribution in [-0.2, 0) is 4.79 Å². The van der Waals surface area contributed by atoms with E-state index in [0.29, 0.717) is 0 Å². The molecule has 5 heteroatoms. The largest absolute Gasteiger partial charge is 0.361 e. The lowest BCUT2D eigenvalue weighted by Gasteiger charge is -2.33. The van der Waals surface area contributed by atoms with Crippen molar-refractivity contribution in [1.82, 2.24) is 15.4 Å². The van der Waals surface area contributed by atoms with E-state index in [4.69, 9.17) is 4.52 Å². The number of hydrogen-bond acceptors (Lipinski definition) is 4. The first kappa shape index (κ1) is 18.0. The van der Waals surface area contributed by atoms with Crippen molar-refractivity contribution in [1.29, 1.82) is 0 Å². The van der Waals surface area contributed by atoms with Gasteiger partial charge in [-0.05, 0) is 66.5 Å². The minimum absolute atomic E-state index is 0.0609. The lowest BCUT2D eigenvalue weighted by Crippen LogP contribution is -2.38. The topological polar surface area (TPSA) is 58.4 Å². The zero-order valence-corrected chi connectivity index (χ0v) is 15.0. The number of aromatic nitrogens is 1. The summed E-state index contributed by atoms with van der Waals surface area (Å²) in [5.41, 5.74) is 1.73. The molecule has 1 aliphatic rings. The van der Waals surface area contributed by atoms with Crippen LogP contribution in [-0.4, -0.2) is 41.6 Å². The maximum Gasteiger partial charge on any atom is 0.227 e. The van der Waals surface area contributed by atoms with Crippen LogP contribution in [0.15, 0.2) is 4.52 Å². The highest BCUT2D eigenvalue weighted by Crippen LogP contribution is 2.23. The summed E-state index contributed by atoms with van der Waals surface area (Å²) in [7, 11) is 0. The summed E-state index contributed by atoms with van der Waals surface area (Å²) in [6.07, 6.45) is 6.20. The maximum atomic E-state index is 12.3. The molecule has 2 rings (SSSR count). The standard InChI is InChI=1S/C18H31N3O2/c1-13-9-5-7-11-21(13)12-8-6-10-19-18(22)14(2)17-15(3)20-23-16(17)4/h13-14H,5-12H2,1-4H3,(H,19,22)/t13-,14-/m1/s1. The molecule has 1 N–H and O–H groups in total. The van der Waals surface area contributed by atoms with Gasteiger partial charge in [0, 0.05) is 18.2 Å². The van der Waals surface area contributed by atoms with Gasteiger partial charge in [-0.15, -0.1) is 0 Å². The molecule has 1 fully saturated rings. The first-order chi connectivity index (χ1) is 11.0. The third kappa shape index (κ3) is 4.80. The van der Waals surface area contributed by atoms with Gasteiger partial charge in [-0.1, -0.05) is 11.6 Å². The number of aryl methyl sites for hydroxylation is 2. The number of hydrogen-bond donors (Lipinski definition) is 1. The van der Waals surface area contributed by atoms with Crippen molar-refractivity contribution in [2.45, 2.75) is 71.8 Å². The summed E-state index contributed by atoms with van der Waals surface area (Å²) in [4.78, 5) is 14.9. The van der Waals surface area contributed by atoms with Crippen LogP contribution in [0, 0.1) is 13.8 Å². The Morgan fingerprint density at radius 2 is 2.17 bits per heavy atom. The van der Waals surface area contributed by atoms with Crippen LogP contribution in [0.25, 0.3) is 0 Å². The summed E-state index contributed by atoms with van der Waals surface area (Å²) in [6.45, 7) is 11.1. The zero-order chi connectivity index (χ0) is 16.8. The molecule has 23 heavy (non-hydrogen) atoms. The van der Waals surface area contributed by atoms with Gasteiger partial charge in [0.15, 0.2) is 0 Å². The van der Waals surface area contributed by atoms with Crippen molar-refractivity contribution in [3.05, 3.63) is 17.0 Å². The van der Waals surface area contributed by atoms with Crippen LogP contribution in [0.2, 0.25) is 0 Å². The Labute approximate surface area is 139 Å². The fourth-order valence-corrected chi connectivity index (χ4v) is 3.53. The van der Waals surface area contributed by atoms with Gasteiger partial charge >= 0.3 is 0 Å². The Kier molecular flexibility index (Phi) is 6.63. The number of rotatable bonds is 7. The van der Waals surface area contributed by atoms with Gasteiger partial charge in [0.05, 0.1) is 11.6 Å². The first-order valence-corrected chi connectivity index (χ1v) is 8.95. The third-order valence-corrected chi connectivity index (χ3v) is 5.03. The van der Waals surface area contributed by atoms with Crippen LogP contribution in [0.4, 0.5) is 0 Å². The summed E-state index contributed by atoms with van der Waals surface area (Å²) in [5, 5.41) is 6.97. The van der Waals surface area contributed by atoms with Gasteiger partial charge < -0.3 is 14.7 Å². The highest BCUT2D eigenvalue weighted by molar-refractivity contribution is 5.83. The van der Waals surface area contributed by atoms with Crippen molar-refractivity contribution >= 4 is 5.91 Å². The smallest absolute Gasteiger partial charge is 0.227 e. The molecular weight excluding hydrogens is 290 g/mol.